The smallest absolute Gasteiger partial charge is 0.176 e. The Morgan fingerprint density at radius 2 is 1.96 bits per heavy atom. The van der Waals surface area contributed by atoms with Crippen LogP contribution in [0.5, 0.6) is 0 Å². The van der Waals surface area contributed by atoms with E-state index in [4.69, 9.17) is 22.3 Å². The van der Waals surface area contributed by atoms with Crippen LogP contribution < -0.4 is 11.1 Å². The SMILES string of the molecule is Cl.Cl.N[C@H]1CC[C@@H](Nc2c3c(nc4c(Cl)cnn24)C2(CCCC2)CC3)C1. The summed E-state index contributed by atoms with van der Waals surface area (Å²) in [5, 5.41) is 8.90. The molecule has 2 atom stereocenters. The standard InChI is InChI=1S/C18H24ClN5.2ClH/c19-14-10-21-24-16(22-12-4-3-11(20)9-12)13-5-8-18(6-1-2-7-18)15(13)23-17(14)24;;/h10-12,22H,1-9,20H2;2*1H/t11-,12+;;/m0../s1. The molecule has 0 bridgehead atoms. The number of nitrogens with one attached hydrogen (secondary N) is 1. The molecule has 2 fully saturated rings. The van der Waals surface area contributed by atoms with Crippen molar-refractivity contribution < 1.29 is 0 Å². The minimum Gasteiger partial charge on any atom is -0.367 e. The summed E-state index contributed by atoms with van der Waals surface area (Å²) >= 11 is 6.39. The second-order valence-electron chi connectivity index (χ2n) is 7.92. The topological polar surface area (TPSA) is 68.2 Å². The van der Waals surface area contributed by atoms with Crippen LogP contribution in [0.15, 0.2) is 6.20 Å². The first-order valence-electron chi connectivity index (χ1n) is 9.25. The molecule has 5 rings (SSSR count). The van der Waals surface area contributed by atoms with Gasteiger partial charge in [-0.15, -0.1) is 24.8 Å². The minimum atomic E-state index is 0. The van der Waals surface area contributed by atoms with Crippen molar-refractivity contribution in [1.82, 2.24) is 14.6 Å². The van der Waals surface area contributed by atoms with Crippen LogP contribution in [-0.2, 0) is 11.8 Å². The molecule has 2 aromatic rings. The minimum absolute atomic E-state index is 0. The first kappa shape index (κ1) is 20.0. The van der Waals surface area contributed by atoms with Gasteiger partial charge in [-0.25, -0.2) is 4.98 Å². The zero-order valence-corrected chi connectivity index (χ0v) is 17.1. The highest BCUT2D eigenvalue weighted by Gasteiger charge is 2.44. The van der Waals surface area contributed by atoms with Crippen molar-refractivity contribution in [3.8, 4) is 0 Å². The van der Waals surface area contributed by atoms with Gasteiger partial charge in [0.25, 0.3) is 0 Å². The summed E-state index contributed by atoms with van der Waals surface area (Å²) in [6, 6.07) is 0.744. The lowest BCUT2D eigenvalue weighted by atomic mass is 9.83. The number of halogens is 3. The van der Waals surface area contributed by atoms with E-state index in [9.17, 15) is 0 Å². The Morgan fingerprint density at radius 1 is 1.19 bits per heavy atom. The second kappa shape index (κ2) is 7.34. The molecule has 1 spiro atoms. The molecular weight excluding hydrogens is 393 g/mol. The van der Waals surface area contributed by atoms with Gasteiger partial charge in [0, 0.05) is 23.1 Å². The Bertz CT molecular complexity index is 800. The van der Waals surface area contributed by atoms with Gasteiger partial charge in [0.05, 0.1) is 11.9 Å². The molecule has 0 amide bonds. The summed E-state index contributed by atoms with van der Waals surface area (Å²) in [5.74, 6) is 1.12. The van der Waals surface area contributed by atoms with Gasteiger partial charge in [0.2, 0.25) is 0 Å². The molecule has 2 saturated carbocycles. The molecule has 0 radical (unpaired) electrons. The van der Waals surface area contributed by atoms with Crippen molar-refractivity contribution in [2.75, 3.05) is 5.32 Å². The normalized spacial score (nSPS) is 25.9. The van der Waals surface area contributed by atoms with Crippen LogP contribution in [0.1, 0.15) is 62.6 Å². The van der Waals surface area contributed by atoms with Crippen LogP contribution in [0.4, 0.5) is 5.82 Å². The lowest BCUT2D eigenvalue weighted by molar-refractivity contribution is 0.429. The number of rotatable bonds is 2. The first-order chi connectivity index (χ1) is 11.7. The predicted octanol–water partition coefficient (Wildman–Crippen LogP) is 4.28. The van der Waals surface area contributed by atoms with Gasteiger partial charge in [0.1, 0.15) is 10.8 Å². The van der Waals surface area contributed by atoms with E-state index in [0.717, 1.165) is 37.1 Å². The highest BCUT2D eigenvalue weighted by molar-refractivity contribution is 6.33. The third kappa shape index (κ3) is 2.97. The molecule has 2 aromatic heterocycles. The molecule has 0 unspecified atom stereocenters. The van der Waals surface area contributed by atoms with Crippen molar-refractivity contribution in [3.63, 3.8) is 0 Å². The maximum atomic E-state index is 6.39. The van der Waals surface area contributed by atoms with Gasteiger partial charge in [-0.2, -0.15) is 9.61 Å². The Kier molecular flexibility index (Phi) is 5.65. The fraction of sp³-hybridized carbons (Fsp3) is 0.667. The Morgan fingerprint density at radius 3 is 2.65 bits per heavy atom. The number of anilines is 1. The van der Waals surface area contributed by atoms with E-state index in [1.807, 2.05) is 4.52 Å². The number of fused-ring (bicyclic) bond motifs is 3. The van der Waals surface area contributed by atoms with E-state index in [1.165, 1.54) is 43.4 Å². The molecule has 144 valence electrons. The summed E-state index contributed by atoms with van der Waals surface area (Å²) in [7, 11) is 0. The Hall–Kier alpha value is -0.750. The van der Waals surface area contributed by atoms with Gasteiger partial charge in [-0.05, 0) is 44.9 Å². The van der Waals surface area contributed by atoms with Crippen molar-refractivity contribution in [2.45, 2.75) is 75.3 Å². The van der Waals surface area contributed by atoms with Gasteiger partial charge < -0.3 is 11.1 Å². The predicted molar refractivity (Wildman–Crippen MR) is 110 cm³/mol. The van der Waals surface area contributed by atoms with Crippen LogP contribution in [-0.4, -0.2) is 26.7 Å². The van der Waals surface area contributed by atoms with Crippen LogP contribution in [0.2, 0.25) is 5.02 Å². The van der Waals surface area contributed by atoms with Gasteiger partial charge in [-0.3, -0.25) is 0 Å². The zero-order valence-electron chi connectivity index (χ0n) is 14.7. The third-order valence-electron chi connectivity index (χ3n) is 6.43. The van der Waals surface area contributed by atoms with E-state index in [-0.39, 0.29) is 30.2 Å². The lowest BCUT2D eigenvalue weighted by Gasteiger charge is -2.24. The van der Waals surface area contributed by atoms with Crippen LogP contribution >= 0.6 is 36.4 Å². The summed E-state index contributed by atoms with van der Waals surface area (Å²) in [6.45, 7) is 0. The Labute approximate surface area is 171 Å². The fourth-order valence-electron chi connectivity index (χ4n) is 5.19. The molecule has 3 aliphatic carbocycles. The molecule has 5 nitrogen and oxygen atoms in total. The monoisotopic (exact) mass is 417 g/mol. The molecule has 0 aromatic carbocycles. The van der Waals surface area contributed by atoms with Crippen LogP contribution in [0, 0.1) is 0 Å². The fourth-order valence-corrected chi connectivity index (χ4v) is 5.35. The average molecular weight is 419 g/mol. The van der Waals surface area contributed by atoms with Crippen molar-refractivity contribution in [3.05, 3.63) is 22.5 Å². The summed E-state index contributed by atoms with van der Waals surface area (Å²) < 4.78 is 1.92. The van der Waals surface area contributed by atoms with Crippen LogP contribution in [0.25, 0.3) is 5.65 Å². The summed E-state index contributed by atoms with van der Waals surface area (Å²) in [5.41, 5.74) is 9.85. The molecular formula is C18H26Cl3N5. The number of hydrogen-bond acceptors (Lipinski definition) is 4. The number of nitrogens with two attached hydrogens (primary N) is 1. The highest BCUT2D eigenvalue weighted by Crippen LogP contribution is 2.51. The number of aromatic nitrogens is 3. The maximum Gasteiger partial charge on any atom is 0.176 e. The van der Waals surface area contributed by atoms with E-state index < -0.39 is 0 Å². The summed E-state index contributed by atoms with van der Waals surface area (Å²) in [4.78, 5) is 5.00. The molecule has 3 N–H and O–H groups in total. The lowest BCUT2D eigenvalue weighted by Crippen LogP contribution is -2.24. The van der Waals surface area contributed by atoms with Crippen molar-refractivity contribution in [1.29, 1.82) is 0 Å². The van der Waals surface area contributed by atoms with Crippen LogP contribution in [0.3, 0.4) is 0 Å². The van der Waals surface area contributed by atoms with Gasteiger partial charge >= 0.3 is 0 Å². The van der Waals surface area contributed by atoms with E-state index in [2.05, 4.69) is 10.4 Å². The number of nitrogens with zero attached hydrogens (tertiary/aromatic N) is 3. The first-order valence-corrected chi connectivity index (χ1v) is 9.63. The van der Waals surface area contributed by atoms with Crippen molar-refractivity contribution in [2.24, 2.45) is 5.73 Å². The molecule has 3 aliphatic rings. The quantitative estimate of drug-likeness (QED) is 0.764. The van der Waals surface area contributed by atoms with Crippen molar-refractivity contribution >= 4 is 47.9 Å². The van der Waals surface area contributed by atoms with E-state index in [0.29, 0.717) is 17.1 Å². The Balaban J connectivity index is 0.000000980. The highest BCUT2D eigenvalue weighted by atomic mass is 35.5. The van der Waals surface area contributed by atoms with Gasteiger partial charge in [0.15, 0.2) is 5.65 Å². The average Bonchev–Trinajstić information content (AvgIpc) is 3.33. The molecule has 0 aliphatic heterocycles. The zero-order chi connectivity index (χ0) is 16.3. The third-order valence-corrected chi connectivity index (χ3v) is 6.70. The molecule has 8 heteroatoms. The van der Waals surface area contributed by atoms with Gasteiger partial charge in [-0.1, -0.05) is 24.4 Å². The van der Waals surface area contributed by atoms with E-state index >= 15 is 0 Å². The summed E-state index contributed by atoms with van der Waals surface area (Å²) in [6.07, 6.45) is 12.4. The second-order valence-corrected chi connectivity index (χ2v) is 8.32. The largest absolute Gasteiger partial charge is 0.367 e. The molecule has 0 saturated heterocycles. The maximum absolute atomic E-state index is 6.39. The number of hydrogen-bond donors (Lipinski definition) is 2. The molecule has 26 heavy (non-hydrogen) atoms. The van der Waals surface area contributed by atoms with E-state index in [1.54, 1.807) is 6.20 Å². The molecule has 2 heterocycles.